The van der Waals surface area contributed by atoms with E-state index in [9.17, 15) is 9.59 Å². The summed E-state index contributed by atoms with van der Waals surface area (Å²) in [6, 6.07) is 15.2. The molecule has 0 radical (unpaired) electrons. The van der Waals surface area contributed by atoms with Gasteiger partial charge in [0, 0.05) is 12.1 Å². The molecule has 0 aromatic heterocycles. The van der Waals surface area contributed by atoms with Gasteiger partial charge in [-0.25, -0.2) is 4.79 Å². The Morgan fingerprint density at radius 2 is 1.80 bits per heavy atom. The Bertz CT molecular complexity index is 825. The second kappa shape index (κ2) is 7.21. The number of carbonyl (C=O) groups is 2. The number of carbonyl (C=O) groups excluding carboxylic acids is 2. The van der Waals surface area contributed by atoms with Crippen LogP contribution in [0.5, 0.6) is 5.75 Å². The highest BCUT2D eigenvalue weighted by atomic mass is 16.5. The van der Waals surface area contributed by atoms with Crippen LogP contribution >= 0.6 is 0 Å². The number of aryl methyl sites for hydroxylation is 1. The highest BCUT2D eigenvalue weighted by molar-refractivity contribution is 6.14. The molecule has 128 valence electrons. The van der Waals surface area contributed by atoms with Crippen molar-refractivity contribution in [3.63, 3.8) is 0 Å². The normalized spacial score (nSPS) is 15.6. The average Bonchev–Trinajstić information content (AvgIpc) is 2.88. The molecule has 1 N–H and O–H groups in total. The van der Waals surface area contributed by atoms with E-state index >= 15 is 0 Å². The summed E-state index contributed by atoms with van der Waals surface area (Å²) >= 11 is 0. The molecule has 0 bridgehead atoms. The van der Waals surface area contributed by atoms with Gasteiger partial charge in [0.05, 0.1) is 0 Å². The number of hydrogen-bond acceptors (Lipinski definition) is 3. The number of amides is 3. The summed E-state index contributed by atoms with van der Waals surface area (Å²) < 4.78 is 5.91. The third kappa shape index (κ3) is 3.71. The first kappa shape index (κ1) is 16.8. The Balaban J connectivity index is 1.79. The van der Waals surface area contributed by atoms with E-state index in [-0.39, 0.29) is 11.6 Å². The zero-order valence-corrected chi connectivity index (χ0v) is 14.3. The Morgan fingerprint density at radius 1 is 1.08 bits per heavy atom. The van der Waals surface area contributed by atoms with Gasteiger partial charge in [-0.1, -0.05) is 48.0 Å². The lowest BCUT2D eigenvalue weighted by molar-refractivity contribution is -0.122. The molecule has 0 spiro atoms. The van der Waals surface area contributed by atoms with Crippen molar-refractivity contribution in [1.82, 2.24) is 10.2 Å². The molecule has 1 heterocycles. The van der Waals surface area contributed by atoms with Gasteiger partial charge in [-0.05, 0) is 31.6 Å². The van der Waals surface area contributed by atoms with Crippen LogP contribution in [0.3, 0.4) is 0 Å². The van der Waals surface area contributed by atoms with Crippen LogP contribution < -0.4 is 10.1 Å². The highest BCUT2D eigenvalue weighted by Gasteiger charge is 2.32. The molecule has 25 heavy (non-hydrogen) atoms. The van der Waals surface area contributed by atoms with Crippen LogP contribution in [-0.2, 0) is 11.4 Å². The molecule has 2 aromatic carbocycles. The minimum Gasteiger partial charge on any atom is -0.488 e. The van der Waals surface area contributed by atoms with Crippen molar-refractivity contribution in [1.29, 1.82) is 0 Å². The summed E-state index contributed by atoms with van der Waals surface area (Å²) in [4.78, 5) is 25.1. The molecule has 5 heteroatoms. The molecular weight excluding hydrogens is 316 g/mol. The maximum Gasteiger partial charge on any atom is 0.328 e. The van der Waals surface area contributed by atoms with E-state index in [1.807, 2.05) is 55.5 Å². The lowest BCUT2D eigenvalue weighted by Crippen LogP contribution is -2.30. The van der Waals surface area contributed by atoms with Crippen LogP contribution in [0, 0.1) is 6.92 Å². The van der Waals surface area contributed by atoms with E-state index in [1.165, 1.54) is 10.5 Å². The lowest BCUT2D eigenvalue weighted by atomic mass is 10.1. The van der Waals surface area contributed by atoms with E-state index in [4.69, 9.17) is 4.74 Å². The molecule has 5 nitrogen and oxygen atoms in total. The van der Waals surface area contributed by atoms with Crippen molar-refractivity contribution < 1.29 is 14.3 Å². The molecular formula is C20H20N2O3. The van der Waals surface area contributed by atoms with Gasteiger partial charge in [0.2, 0.25) is 0 Å². The summed E-state index contributed by atoms with van der Waals surface area (Å²) in [5, 5.41) is 2.60. The molecule has 0 unspecified atom stereocenters. The summed E-state index contributed by atoms with van der Waals surface area (Å²) in [5.74, 6) is 0.341. The fourth-order valence-corrected chi connectivity index (χ4v) is 2.59. The van der Waals surface area contributed by atoms with Gasteiger partial charge in [-0.3, -0.25) is 9.69 Å². The SMILES string of the molecule is CCN1C(=O)N/C(=C/c2ccccc2OCc2ccc(C)cc2)C1=O. The maximum atomic E-state index is 12.2. The smallest absolute Gasteiger partial charge is 0.328 e. The Kier molecular flexibility index (Phi) is 4.84. The van der Waals surface area contributed by atoms with E-state index in [0.717, 1.165) is 11.1 Å². The van der Waals surface area contributed by atoms with Crippen LogP contribution in [-0.4, -0.2) is 23.4 Å². The largest absolute Gasteiger partial charge is 0.488 e. The Labute approximate surface area is 146 Å². The number of para-hydroxylation sites is 1. The first-order valence-electron chi connectivity index (χ1n) is 8.20. The molecule has 0 atom stereocenters. The van der Waals surface area contributed by atoms with Gasteiger partial charge in [0.15, 0.2) is 0 Å². The van der Waals surface area contributed by atoms with Crippen LogP contribution in [0.25, 0.3) is 6.08 Å². The molecule has 3 amide bonds. The van der Waals surface area contributed by atoms with E-state index in [2.05, 4.69) is 5.32 Å². The standard InChI is InChI=1S/C20H20N2O3/c1-3-22-19(23)17(21-20(22)24)12-16-6-4-5-7-18(16)25-13-15-10-8-14(2)9-11-15/h4-12H,3,13H2,1-2H3,(H,21,24)/b17-12+. The first-order chi connectivity index (χ1) is 12.1. The van der Waals surface area contributed by atoms with Gasteiger partial charge < -0.3 is 10.1 Å². The van der Waals surface area contributed by atoms with Crippen LogP contribution in [0.1, 0.15) is 23.6 Å². The van der Waals surface area contributed by atoms with Crippen molar-refractivity contribution in [3.8, 4) is 5.75 Å². The van der Waals surface area contributed by atoms with Crippen LogP contribution in [0.4, 0.5) is 4.79 Å². The zero-order chi connectivity index (χ0) is 17.8. The van der Waals surface area contributed by atoms with E-state index in [1.54, 1.807) is 13.0 Å². The Morgan fingerprint density at radius 3 is 2.48 bits per heavy atom. The van der Waals surface area contributed by atoms with Gasteiger partial charge in [0.25, 0.3) is 5.91 Å². The number of urea groups is 1. The summed E-state index contributed by atoms with van der Waals surface area (Å²) in [6.07, 6.45) is 1.65. The van der Waals surface area contributed by atoms with Gasteiger partial charge in [-0.2, -0.15) is 0 Å². The molecule has 0 saturated carbocycles. The second-order valence-corrected chi connectivity index (χ2v) is 5.85. The summed E-state index contributed by atoms with van der Waals surface area (Å²) in [7, 11) is 0. The molecule has 3 rings (SSSR count). The number of benzene rings is 2. The number of nitrogens with zero attached hydrogens (tertiary/aromatic N) is 1. The number of likely N-dealkylation sites (N-methyl/N-ethyl adjacent to an activating group) is 1. The summed E-state index contributed by atoms with van der Waals surface area (Å²) in [5.41, 5.74) is 3.27. The van der Waals surface area contributed by atoms with E-state index < -0.39 is 6.03 Å². The van der Waals surface area contributed by atoms with Crippen molar-refractivity contribution in [2.75, 3.05) is 6.54 Å². The highest BCUT2D eigenvalue weighted by Crippen LogP contribution is 2.23. The van der Waals surface area contributed by atoms with Crippen molar-refractivity contribution in [3.05, 3.63) is 70.9 Å². The lowest BCUT2D eigenvalue weighted by Gasteiger charge is -2.10. The molecule has 1 saturated heterocycles. The molecule has 1 aliphatic heterocycles. The maximum absolute atomic E-state index is 12.2. The minimum atomic E-state index is -0.392. The van der Waals surface area contributed by atoms with Crippen molar-refractivity contribution >= 4 is 18.0 Å². The van der Waals surface area contributed by atoms with Crippen molar-refractivity contribution in [2.24, 2.45) is 0 Å². The third-order valence-electron chi connectivity index (χ3n) is 4.01. The number of nitrogens with one attached hydrogen (secondary N) is 1. The second-order valence-electron chi connectivity index (χ2n) is 5.85. The predicted octanol–water partition coefficient (Wildman–Crippen LogP) is 3.49. The fraction of sp³-hybridized carbons (Fsp3) is 0.200. The average molecular weight is 336 g/mol. The van der Waals surface area contributed by atoms with Gasteiger partial charge in [-0.15, -0.1) is 0 Å². The van der Waals surface area contributed by atoms with Crippen molar-refractivity contribution in [2.45, 2.75) is 20.5 Å². The molecule has 2 aromatic rings. The first-order valence-corrected chi connectivity index (χ1v) is 8.20. The summed E-state index contributed by atoms with van der Waals surface area (Å²) in [6.45, 7) is 4.58. The third-order valence-corrected chi connectivity index (χ3v) is 4.01. The van der Waals surface area contributed by atoms with Gasteiger partial charge >= 0.3 is 6.03 Å². The number of hydrogen-bond donors (Lipinski definition) is 1. The minimum absolute atomic E-state index is 0.262. The van der Waals surface area contributed by atoms with Crippen LogP contribution in [0.15, 0.2) is 54.2 Å². The monoisotopic (exact) mass is 336 g/mol. The quantitative estimate of drug-likeness (QED) is 0.672. The topological polar surface area (TPSA) is 58.6 Å². The molecule has 1 fully saturated rings. The fourth-order valence-electron chi connectivity index (χ4n) is 2.59. The predicted molar refractivity (Wildman–Crippen MR) is 95.8 cm³/mol. The van der Waals surface area contributed by atoms with Gasteiger partial charge in [0.1, 0.15) is 18.1 Å². The molecule has 0 aliphatic carbocycles. The number of rotatable bonds is 5. The Hall–Kier alpha value is -3.08. The molecule has 1 aliphatic rings. The van der Waals surface area contributed by atoms with E-state index in [0.29, 0.717) is 18.9 Å². The van der Waals surface area contributed by atoms with Crippen LogP contribution in [0.2, 0.25) is 0 Å². The zero-order valence-electron chi connectivity index (χ0n) is 14.3. The number of ether oxygens (including phenoxy) is 1. The number of imide groups is 1.